The summed E-state index contributed by atoms with van der Waals surface area (Å²) < 4.78 is 2.28. The van der Waals surface area contributed by atoms with Gasteiger partial charge in [-0.05, 0) is 41.9 Å². The minimum atomic E-state index is -1.04. The van der Waals surface area contributed by atoms with Gasteiger partial charge in [0.05, 0.1) is 11.4 Å². The molecule has 6 nitrogen and oxygen atoms in total. The number of thiazole rings is 1. The number of carboxylic acids is 1. The molecule has 0 bridgehead atoms. The van der Waals surface area contributed by atoms with Crippen LogP contribution in [0.2, 0.25) is 0 Å². The first-order valence-electron chi connectivity index (χ1n) is 5.50. The molecule has 0 saturated heterocycles. The van der Waals surface area contributed by atoms with E-state index >= 15 is 0 Å². The summed E-state index contributed by atoms with van der Waals surface area (Å²) in [6.45, 7) is 4.58. The molecule has 0 atom stereocenters. The lowest BCUT2D eigenvalue weighted by atomic mass is 10.3. The summed E-state index contributed by atoms with van der Waals surface area (Å²) >= 11 is 4.46. The molecule has 0 aliphatic heterocycles. The van der Waals surface area contributed by atoms with Crippen molar-refractivity contribution in [1.82, 2.24) is 20.0 Å². The fourth-order valence-electron chi connectivity index (χ4n) is 1.52. The average Bonchev–Trinajstić information content (AvgIpc) is 2.90. The molecule has 2 rings (SSSR count). The van der Waals surface area contributed by atoms with Crippen molar-refractivity contribution in [3.63, 3.8) is 0 Å². The Hall–Kier alpha value is -1.54. The summed E-state index contributed by atoms with van der Waals surface area (Å²) in [5, 5.41) is 17.5. The summed E-state index contributed by atoms with van der Waals surface area (Å²) in [4.78, 5) is 14.9. The molecule has 0 unspecified atom stereocenters. The van der Waals surface area contributed by atoms with Crippen LogP contribution in [0, 0.1) is 6.92 Å². The highest BCUT2D eigenvalue weighted by Crippen LogP contribution is 2.26. The molecule has 0 spiro atoms. The van der Waals surface area contributed by atoms with E-state index in [-0.39, 0.29) is 5.69 Å². The number of halogens is 1. The lowest BCUT2D eigenvalue weighted by Crippen LogP contribution is -1.99. The van der Waals surface area contributed by atoms with Crippen LogP contribution >= 0.6 is 27.3 Å². The molecule has 0 amide bonds. The van der Waals surface area contributed by atoms with Gasteiger partial charge in [-0.1, -0.05) is 5.21 Å². The fourth-order valence-corrected chi connectivity index (χ4v) is 2.96. The molecule has 2 heterocycles. The van der Waals surface area contributed by atoms with Crippen molar-refractivity contribution in [2.75, 3.05) is 0 Å². The second kappa shape index (κ2) is 5.62. The maximum Gasteiger partial charge on any atom is 0.356 e. The van der Waals surface area contributed by atoms with Gasteiger partial charge in [0.1, 0.15) is 8.79 Å². The van der Waals surface area contributed by atoms with Crippen molar-refractivity contribution in [2.24, 2.45) is 0 Å². The largest absolute Gasteiger partial charge is 0.476 e. The van der Waals surface area contributed by atoms with Crippen molar-refractivity contribution in [2.45, 2.75) is 20.4 Å². The van der Waals surface area contributed by atoms with E-state index in [1.165, 1.54) is 11.3 Å². The van der Waals surface area contributed by atoms with Crippen LogP contribution in [0.5, 0.6) is 0 Å². The number of hydrogen-bond acceptors (Lipinski definition) is 5. The Balaban J connectivity index is 2.30. The third-order valence-corrected chi connectivity index (χ3v) is 4.11. The summed E-state index contributed by atoms with van der Waals surface area (Å²) in [7, 11) is 0. The predicted octanol–water partition coefficient (Wildman–Crippen LogP) is 2.69. The van der Waals surface area contributed by atoms with Crippen LogP contribution < -0.4 is 0 Å². The Bertz CT molecular complexity index is 647. The van der Waals surface area contributed by atoms with Crippen LogP contribution in [0.15, 0.2) is 3.79 Å². The second-order valence-electron chi connectivity index (χ2n) is 3.69. The summed E-state index contributed by atoms with van der Waals surface area (Å²) in [5.41, 5.74) is 1.75. The quantitative estimate of drug-likeness (QED) is 0.923. The Morgan fingerprint density at radius 2 is 2.26 bits per heavy atom. The molecule has 0 fully saturated rings. The van der Waals surface area contributed by atoms with Crippen molar-refractivity contribution < 1.29 is 9.90 Å². The van der Waals surface area contributed by atoms with Gasteiger partial charge in [-0.25, -0.2) is 14.5 Å². The molecule has 0 radical (unpaired) electrons. The van der Waals surface area contributed by atoms with Gasteiger partial charge in [0, 0.05) is 6.54 Å². The van der Waals surface area contributed by atoms with Crippen LogP contribution in [0.4, 0.5) is 0 Å². The van der Waals surface area contributed by atoms with E-state index in [1.54, 1.807) is 10.8 Å². The van der Waals surface area contributed by atoms with Crippen LogP contribution in [0.3, 0.4) is 0 Å². The summed E-state index contributed by atoms with van der Waals surface area (Å²) in [5.74, 6) is -1.04. The lowest BCUT2D eigenvalue weighted by molar-refractivity contribution is 0.0690. The van der Waals surface area contributed by atoms with Crippen molar-refractivity contribution in [1.29, 1.82) is 0 Å². The van der Waals surface area contributed by atoms with Gasteiger partial charge in [-0.3, -0.25) is 0 Å². The van der Waals surface area contributed by atoms with Crippen LogP contribution in [-0.4, -0.2) is 31.1 Å². The highest BCUT2D eigenvalue weighted by molar-refractivity contribution is 9.11. The van der Waals surface area contributed by atoms with E-state index in [9.17, 15) is 4.79 Å². The normalized spacial score (nSPS) is 11.3. The van der Waals surface area contributed by atoms with E-state index < -0.39 is 5.97 Å². The van der Waals surface area contributed by atoms with Crippen LogP contribution in [0.1, 0.15) is 33.8 Å². The zero-order chi connectivity index (χ0) is 14.0. The average molecular weight is 343 g/mol. The molecular weight excluding hydrogens is 332 g/mol. The maximum atomic E-state index is 10.9. The van der Waals surface area contributed by atoms with E-state index in [0.29, 0.717) is 8.79 Å². The van der Waals surface area contributed by atoms with Crippen molar-refractivity contribution in [3.8, 4) is 0 Å². The number of aromatic nitrogens is 4. The monoisotopic (exact) mass is 342 g/mol. The minimum absolute atomic E-state index is 0.0310. The molecular formula is C11H11BrN4O2S. The first-order valence-corrected chi connectivity index (χ1v) is 7.11. The van der Waals surface area contributed by atoms with Gasteiger partial charge in [-0.2, -0.15) is 0 Å². The van der Waals surface area contributed by atoms with E-state index in [1.807, 2.05) is 19.9 Å². The maximum absolute atomic E-state index is 10.9. The highest BCUT2D eigenvalue weighted by Gasteiger charge is 2.14. The first kappa shape index (κ1) is 13.9. The smallest absolute Gasteiger partial charge is 0.356 e. The van der Waals surface area contributed by atoms with Gasteiger partial charge in [0.25, 0.3) is 0 Å². The molecule has 8 heteroatoms. The number of aryl methyl sites for hydroxylation is 2. The van der Waals surface area contributed by atoms with Gasteiger partial charge in [0.15, 0.2) is 5.69 Å². The first-order chi connectivity index (χ1) is 9.02. The SMILES string of the molecule is CCn1nnc(C)c1/C=C/c1nc(C(=O)O)c(Br)s1. The Labute approximate surface area is 121 Å². The third kappa shape index (κ3) is 2.90. The zero-order valence-electron chi connectivity index (χ0n) is 10.3. The minimum Gasteiger partial charge on any atom is -0.476 e. The van der Waals surface area contributed by atoms with Gasteiger partial charge < -0.3 is 5.11 Å². The standard InChI is InChI=1S/C11H11BrN4O2S/c1-3-16-7(6(2)14-15-16)4-5-8-13-9(11(17)18)10(12)19-8/h4-5H,3H2,1-2H3,(H,17,18)/b5-4+. The Kier molecular flexibility index (Phi) is 4.11. The topological polar surface area (TPSA) is 80.9 Å². The Morgan fingerprint density at radius 1 is 1.53 bits per heavy atom. The molecule has 19 heavy (non-hydrogen) atoms. The molecule has 0 saturated carbocycles. The molecule has 2 aromatic heterocycles. The van der Waals surface area contributed by atoms with Crippen molar-refractivity contribution >= 4 is 45.4 Å². The second-order valence-corrected chi connectivity index (χ2v) is 6.04. The van der Waals surface area contributed by atoms with E-state index in [2.05, 4.69) is 31.2 Å². The number of hydrogen-bond donors (Lipinski definition) is 1. The molecule has 0 aliphatic carbocycles. The lowest BCUT2D eigenvalue weighted by Gasteiger charge is -1.97. The summed E-state index contributed by atoms with van der Waals surface area (Å²) in [6.07, 6.45) is 3.61. The molecule has 0 aromatic carbocycles. The fraction of sp³-hybridized carbons (Fsp3) is 0.273. The number of aromatic carboxylic acids is 1. The molecule has 2 aromatic rings. The van der Waals surface area contributed by atoms with Gasteiger partial charge in [-0.15, -0.1) is 16.4 Å². The van der Waals surface area contributed by atoms with Crippen LogP contribution in [0.25, 0.3) is 12.2 Å². The molecule has 100 valence electrons. The molecule has 1 N–H and O–H groups in total. The van der Waals surface area contributed by atoms with Gasteiger partial charge >= 0.3 is 5.97 Å². The molecule has 0 aliphatic rings. The number of carbonyl (C=O) groups is 1. The number of rotatable bonds is 4. The Morgan fingerprint density at radius 3 is 2.84 bits per heavy atom. The highest BCUT2D eigenvalue weighted by atomic mass is 79.9. The predicted molar refractivity (Wildman–Crippen MR) is 76.1 cm³/mol. The number of carboxylic acid groups (broad SMARTS) is 1. The van der Waals surface area contributed by atoms with E-state index in [0.717, 1.165) is 17.9 Å². The van der Waals surface area contributed by atoms with E-state index in [4.69, 9.17) is 5.11 Å². The van der Waals surface area contributed by atoms with Crippen molar-refractivity contribution in [3.05, 3.63) is 25.9 Å². The summed E-state index contributed by atoms with van der Waals surface area (Å²) in [6, 6.07) is 0. The number of nitrogens with zero attached hydrogens (tertiary/aromatic N) is 4. The van der Waals surface area contributed by atoms with Gasteiger partial charge in [0.2, 0.25) is 0 Å². The zero-order valence-corrected chi connectivity index (χ0v) is 12.7. The third-order valence-electron chi connectivity index (χ3n) is 2.44. The van der Waals surface area contributed by atoms with Crippen LogP contribution in [-0.2, 0) is 6.54 Å².